The van der Waals surface area contributed by atoms with Gasteiger partial charge in [0.15, 0.2) is 0 Å². The van der Waals surface area contributed by atoms with E-state index in [0.717, 1.165) is 44.5 Å². The molecule has 0 radical (unpaired) electrons. The molecule has 286 valence electrons. The summed E-state index contributed by atoms with van der Waals surface area (Å²) in [6.45, 7) is 1.72. The molecule has 2 heterocycles. The number of aryl methyl sites for hydroxylation is 1. The van der Waals surface area contributed by atoms with Gasteiger partial charge in [0.2, 0.25) is 0 Å². The predicted octanol–water partition coefficient (Wildman–Crippen LogP) is 12.7. The number of halogens is 1. The van der Waals surface area contributed by atoms with Crippen molar-refractivity contribution < 1.29 is 0 Å². The number of hydrogen-bond acceptors (Lipinski definition) is 2. The van der Waals surface area contributed by atoms with Crippen LogP contribution in [-0.4, -0.2) is 19.1 Å². The van der Waals surface area contributed by atoms with Crippen molar-refractivity contribution in [2.24, 2.45) is 0 Å². The molecule has 57 heavy (non-hydrogen) atoms. The molecule has 0 N–H and O–H groups in total. The molecule has 0 aliphatic carbocycles. The Kier molecular flexibility index (Phi) is 15.4. The summed E-state index contributed by atoms with van der Waals surface area (Å²) in [4.78, 5) is 8.74. The van der Waals surface area contributed by atoms with Crippen LogP contribution in [0.1, 0.15) is 75.9 Å². The molecule has 0 aliphatic heterocycles. The Balaban J connectivity index is 0.000000189. The van der Waals surface area contributed by atoms with Gasteiger partial charge in [-0.25, -0.2) is 9.97 Å². The van der Waals surface area contributed by atoms with Crippen LogP contribution in [0, 0.1) is 0 Å². The van der Waals surface area contributed by atoms with Crippen LogP contribution in [0.25, 0.3) is 6.08 Å². The molecular formula is C52H51ClN4. The number of hydrogen-bond donors (Lipinski definition) is 0. The highest BCUT2D eigenvalue weighted by Crippen LogP contribution is 2.30. The van der Waals surface area contributed by atoms with Crippen molar-refractivity contribution in [3.63, 3.8) is 0 Å². The van der Waals surface area contributed by atoms with E-state index in [-0.39, 0.29) is 12.4 Å². The summed E-state index contributed by atoms with van der Waals surface area (Å²) < 4.78 is 4.46. The highest BCUT2D eigenvalue weighted by Gasteiger charge is 2.15. The second-order valence-corrected chi connectivity index (χ2v) is 14.2. The second-order valence-electron chi connectivity index (χ2n) is 14.2. The van der Waals surface area contributed by atoms with Gasteiger partial charge in [0.05, 0.1) is 24.5 Å². The molecule has 0 atom stereocenters. The second kappa shape index (κ2) is 21.8. The van der Waals surface area contributed by atoms with Crippen molar-refractivity contribution in [1.82, 2.24) is 19.1 Å². The maximum absolute atomic E-state index is 4.40. The summed E-state index contributed by atoms with van der Waals surface area (Å²) in [6, 6.07) is 64.3. The number of aromatic nitrogens is 4. The molecule has 8 rings (SSSR count). The highest BCUT2D eigenvalue weighted by molar-refractivity contribution is 5.85. The quantitative estimate of drug-likeness (QED) is 0.104. The molecule has 0 fully saturated rings. The first-order valence-corrected chi connectivity index (χ1v) is 19.7. The summed E-state index contributed by atoms with van der Waals surface area (Å²) >= 11 is 0. The molecule has 0 saturated heterocycles. The minimum atomic E-state index is 0. The minimum absolute atomic E-state index is 0. The molecule has 2 aromatic heterocycles. The van der Waals surface area contributed by atoms with Crippen molar-refractivity contribution >= 4 is 18.5 Å². The largest absolute Gasteiger partial charge is 0.330 e. The van der Waals surface area contributed by atoms with Gasteiger partial charge >= 0.3 is 0 Å². The van der Waals surface area contributed by atoms with Crippen LogP contribution >= 0.6 is 12.4 Å². The van der Waals surface area contributed by atoms with Gasteiger partial charge in [0.1, 0.15) is 0 Å². The van der Waals surface area contributed by atoms with Gasteiger partial charge in [0, 0.05) is 36.8 Å². The van der Waals surface area contributed by atoms with E-state index in [2.05, 4.69) is 207 Å². The Morgan fingerprint density at radius 3 is 1.35 bits per heavy atom. The Hall–Kier alpha value is -6.23. The molecule has 0 bridgehead atoms. The predicted molar refractivity (Wildman–Crippen MR) is 239 cm³/mol. The lowest BCUT2D eigenvalue weighted by atomic mass is 9.87. The van der Waals surface area contributed by atoms with Gasteiger partial charge in [-0.3, -0.25) is 0 Å². The molecular weight excluding hydrogens is 716 g/mol. The van der Waals surface area contributed by atoms with Gasteiger partial charge in [-0.15, -0.1) is 12.4 Å². The molecule has 0 amide bonds. The average Bonchev–Trinajstić information content (AvgIpc) is 3.92. The van der Waals surface area contributed by atoms with E-state index in [1.807, 2.05) is 31.1 Å². The van der Waals surface area contributed by atoms with Gasteiger partial charge in [-0.1, -0.05) is 188 Å². The third-order valence-electron chi connectivity index (χ3n) is 10.3. The highest BCUT2D eigenvalue weighted by atomic mass is 35.5. The van der Waals surface area contributed by atoms with Crippen LogP contribution in [0.3, 0.4) is 0 Å². The third-order valence-corrected chi connectivity index (χ3v) is 10.3. The molecule has 6 aromatic carbocycles. The number of nitrogens with zero attached hydrogens (tertiary/aromatic N) is 4. The van der Waals surface area contributed by atoms with Crippen LogP contribution < -0.4 is 0 Å². The zero-order valence-electron chi connectivity index (χ0n) is 32.4. The standard InChI is InChI=1S/C26H26N2.C26H24N2.ClH/c2*1-4-11-22(12-5-1)20-28-21-27-19-25(28)17-10-18-26(23-13-6-2-7-14-23)24-15-8-3-9-16-24;/h1-9,11-16,19,21,26H,10,17-18,20H2;1-17,19,21,26H,18,20H2;1H. The van der Waals surface area contributed by atoms with Crippen molar-refractivity contribution in [1.29, 1.82) is 0 Å². The van der Waals surface area contributed by atoms with Gasteiger partial charge in [-0.05, 0) is 65.1 Å². The SMILES string of the molecule is C(=Cc1cncn1Cc1ccccc1)CC(c1ccccc1)c1ccccc1.Cl.c1ccc(Cn2cncc2CCCC(c2ccccc2)c2ccccc2)cc1. The maximum atomic E-state index is 4.40. The first kappa shape index (κ1) is 40.4. The van der Waals surface area contributed by atoms with Crippen LogP contribution in [0.15, 0.2) is 213 Å². The zero-order chi connectivity index (χ0) is 38.0. The van der Waals surface area contributed by atoms with E-state index in [1.165, 1.54) is 39.1 Å². The van der Waals surface area contributed by atoms with E-state index in [1.54, 1.807) is 0 Å². The summed E-state index contributed by atoms with van der Waals surface area (Å²) in [7, 11) is 0. The zero-order valence-corrected chi connectivity index (χ0v) is 33.2. The molecule has 5 heteroatoms. The molecule has 0 spiro atoms. The van der Waals surface area contributed by atoms with Crippen LogP contribution in [0.4, 0.5) is 0 Å². The van der Waals surface area contributed by atoms with Crippen molar-refractivity contribution in [2.45, 2.75) is 50.6 Å². The summed E-state index contributed by atoms with van der Waals surface area (Å²) in [6.07, 6.45) is 16.5. The Morgan fingerprint density at radius 1 is 0.456 bits per heavy atom. The number of rotatable bonds is 15. The Morgan fingerprint density at radius 2 is 0.860 bits per heavy atom. The molecule has 0 unspecified atom stereocenters. The first-order valence-electron chi connectivity index (χ1n) is 19.7. The monoisotopic (exact) mass is 766 g/mol. The van der Waals surface area contributed by atoms with Crippen molar-refractivity contribution in [3.05, 3.63) is 258 Å². The maximum Gasteiger partial charge on any atom is 0.0953 e. The molecule has 4 nitrogen and oxygen atoms in total. The fourth-order valence-electron chi connectivity index (χ4n) is 7.40. The van der Waals surface area contributed by atoms with Crippen LogP contribution in [0.2, 0.25) is 0 Å². The fourth-order valence-corrected chi connectivity index (χ4v) is 7.40. The van der Waals surface area contributed by atoms with Crippen LogP contribution in [-0.2, 0) is 19.5 Å². The normalized spacial score (nSPS) is 11.0. The van der Waals surface area contributed by atoms with Gasteiger partial charge in [0.25, 0.3) is 0 Å². The van der Waals surface area contributed by atoms with E-state index in [4.69, 9.17) is 0 Å². The molecule has 8 aromatic rings. The minimum Gasteiger partial charge on any atom is -0.330 e. The number of benzene rings is 6. The lowest BCUT2D eigenvalue weighted by Gasteiger charge is -2.18. The smallest absolute Gasteiger partial charge is 0.0953 e. The lowest BCUT2D eigenvalue weighted by molar-refractivity contribution is 0.633. The van der Waals surface area contributed by atoms with Gasteiger partial charge in [-0.2, -0.15) is 0 Å². The summed E-state index contributed by atoms with van der Waals surface area (Å²) in [5.41, 5.74) is 10.5. The van der Waals surface area contributed by atoms with Gasteiger partial charge < -0.3 is 9.13 Å². The lowest BCUT2D eigenvalue weighted by Crippen LogP contribution is -2.05. The topological polar surface area (TPSA) is 35.6 Å². The van der Waals surface area contributed by atoms with E-state index in [9.17, 15) is 0 Å². The van der Waals surface area contributed by atoms with Crippen molar-refractivity contribution in [3.8, 4) is 0 Å². The third kappa shape index (κ3) is 11.9. The molecule has 0 aliphatic rings. The first-order chi connectivity index (χ1) is 27.8. The summed E-state index contributed by atoms with van der Waals surface area (Å²) in [5, 5.41) is 0. The van der Waals surface area contributed by atoms with E-state index < -0.39 is 0 Å². The number of imidazole rings is 2. The molecule has 0 saturated carbocycles. The van der Waals surface area contributed by atoms with Crippen molar-refractivity contribution in [2.75, 3.05) is 0 Å². The number of allylic oxidation sites excluding steroid dienone is 1. The van der Waals surface area contributed by atoms with E-state index in [0.29, 0.717) is 11.8 Å². The van der Waals surface area contributed by atoms with E-state index >= 15 is 0 Å². The fraction of sp³-hybridized carbons (Fsp3) is 0.154. The summed E-state index contributed by atoms with van der Waals surface area (Å²) in [5.74, 6) is 0.789. The Labute approximate surface area is 344 Å². The van der Waals surface area contributed by atoms with Crippen LogP contribution in [0.5, 0.6) is 0 Å². The average molecular weight is 767 g/mol. The Bertz CT molecular complexity index is 2220.